The Morgan fingerprint density at radius 1 is 1.48 bits per heavy atom. The highest BCUT2D eigenvalue weighted by Crippen LogP contribution is 2.39. The molecule has 0 aromatic carbocycles. The lowest BCUT2D eigenvalue weighted by molar-refractivity contribution is -0.150. The van der Waals surface area contributed by atoms with Crippen LogP contribution in [-0.4, -0.2) is 52.6 Å². The maximum absolute atomic E-state index is 12.6. The SMILES string of the molecule is CC(C)C1(C(=O)O)CCN(C(=O)N(CCC#N)C2CC2)C1. The monoisotopic (exact) mass is 293 g/mol. The van der Waals surface area contributed by atoms with Crippen LogP contribution in [-0.2, 0) is 4.79 Å². The standard InChI is InChI=1S/C15H23N3O3/c1-11(2)15(13(19)20)6-9-17(10-15)14(21)18(8-3-7-16)12-4-5-12/h11-12H,3-6,8-10H2,1-2H3,(H,19,20). The van der Waals surface area contributed by atoms with Crippen LogP contribution in [0.4, 0.5) is 4.79 Å². The van der Waals surface area contributed by atoms with Gasteiger partial charge in [0.25, 0.3) is 0 Å². The third-order valence-corrected chi connectivity index (χ3v) is 4.80. The van der Waals surface area contributed by atoms with Crippen molar-refractivity contribution in [3.05, 3.63) is 0 Å². The van der Waals surface area contributed by atoms with Crippen LogP contribution >= 0.6 is 0 Å². The van der Waals surface area contributed by atoms with Crippen LogP contribution in [0.15, 0.2) is 0 Å². The summed E-state index contributed by atoms with van der Waals surface area (Å²) >= 11 is 0. The number of carbonyl (C=O) groups excluding carboxylic acids is 1. The molecule has 1 aliphatic heterocycles. The number of urea groups is 1. The number of aliphatic carboxylic acids is 1. The van der Waals surface area contributed by atoms with Crippen LogP contribution in [0.2, 0.25) is 0 Å². The van der Waals surface area contributed by atoms with Crippen molar-refractivity contribution >= 4 is 12.0 Å². The zero-order valence-electron chi connectivity index (χ0n) is 12.7. The highest BCUT2D eigenvalue weighted by atomic mass is 16.4. The zero-order chi connectivity index (χ0) is 15.6. The van der Waals surface area contributed by atoms with Crippen molar-refractivity contribution in [2.24, 2.45) is 11.3 Å². The first-order valence-electron chi connectivity index (χ1n) is 7.58. The Kier molecular flexibility index (Phi) is 4.40. The van der Waals surface area contributed by atoms with Crippen LogP contribution in [0.1, 0.15) is 39.5 Å². The van der Waals surface area contributed by atoms with Crippen molar-refractivity contribution in [1.29, 1.82) is 5.26 Å². The molecule has 1 heterocycles. The molecule has 2 amide bonds. The molecular formula is C15H23N3O3. The van der Waals surface area contributed by atoms with E-state index in [1.54, 1.807) is 9.80 Å². The number of hydrogen-bond donors (Lipinski definition) is 1. The minimum absolute atomic E-state index is 0.0127. The second-order valence-electron chi connectivity index (χ2n) is 6.40. The molecular weight excluding hydrogens is 270 g/mol. The molecule has 6 heteroatoms. The van der Waals surface area contributed by atoms with E-state index < -0.39 is 11.4 Å². The zero-order valence-corrected chi connectivity index (χ0v) is 12.7. The van der Waals surface area contributed by atoms with Crippen LogP contribution in [0.25, 0.3) is 0 Å². The molecule has 2 fully saturated rings. The summed E-state index contributed by atoms with van der Waals surface area (Å²) in [6, 6.07) is 2.21. The Labute approximate surface area is 125 Å². The average Bonchev–Trinajstić information content (AvgIpc) is 3.15. The summed E-state index contributed by atoms with van der Waals surface area (Å²) in [7, 11) is 0. The van der Waals surface area contributed by atoms with E-state index in [2.05, 4.69) is 6.07 Å². The number of rotatable bonds is 5. The molecule has 116 valence electrons. The summed E-state index contributed by atoms with van der Waals surface area (Å²) in [5, 5.41) is 18.3. The molecule has 1 saturated carbocycles. The largest absolute Gasteiger partial charge is 0.481 e. The molecule has 0 aromatic rings. The van der Waals surface area contributed by atoms with Gasteiger partial charge in [0.15, 0.2) is 0 Å². The smallest absolute Gasteiger partial charge is 0.320 e. The number of hydrogen-bond acceptors (Lipinski definition) is 3. The molecule has 1 N–H and O–H groups in total. The van der Waals surface area contributed by atoms with E-state index >= 15 is 0 Å². The first-order valence-corrected chi connectivity index (χ1v) is 7.58. The number of carboxylic acids is 1. The number of carbonyl (C=O) groups is 2. The van der Waals surface area contributed by atoms with Crippen molar-refractivity contribution in [3.63, 3.8) is 0 Å². The van der Waals surface area contributed by atoms with Gasteiger partial charge in [0.2, 0.25) is 0 Å². The van der Waals surface area contributed by atoms with Crippen LogP contribution in [0, 0.1) is 22.7 Å². The van der Waals surface area contributed by atoms with Gasteiger partial charge in [-0.2, -0.15) is 5.26 Å². The fraction of sp³-hybridized carbons (Fsp3) is 0.800. The molecule has 21 heavy (non-hydrogen) atoms. The molecule has 6 nitrogen and oxygen atoms in total. The molecule has 1 aliphatic carbocycles. The number of amides is 2. The first-order chi connectivity index (χ1) is 9.92. The maximum atomic E-state index is 12.6. The minimum atomic E-state index is -0.833. The van der Waals surface area contributed by atoms with Crippen LogP contribution < -0.4 is 0 Å². The molecule has 2 rings (SSSR count). The predicted octanol–water partition coefficient (Wildman–Crippen LogP) is 1.92. The third-order valence-electron chi connectivity index (χ3n) is 4.80. The Morgan fingerprint density at radius 3 is 2.57 bits per heavy atom. The normalized spacial score (nSPS) is 25.0. The van der Waals surface area contributed by atoms with E-state index in [0.717, 1.165) is 12.8 Å². The summed E-state index contributed by atoms with van der Waals surface area (Å²) in [4.78, 5) is 27.6. The molecule has 0 aromatic heterocycles. The van der Waals surface area contributed by atoms with Crippen molar-refractivity contribution in [2.45, 2.75) is 45.6 Å². The van der Waals surface area contributed by atoms with E-state index in [9.17, 15) is 14.7 Å². The average molecular weight is 293 g/mol. The maximum Gasteiger partial charge on any atom is 0.320 e. The second-order valence-corrected chi connectivity index (χ2v) is 6.40. The lowest BCUT2D eigenvalue weighted by Crippen LogP contribution is -2.46. The van der Waals surface area contributed by atoms with Gasteiger partial charge in [-0.3, -0.25) is 4.79 Å². The van der Waals surface area contributed by atoms with Gasteiger partial charge in [0.1, 0.15) is 0 Å². The van der Waals surface area contributed by atoms with Gasteiger partial charge >= 0.3 is 12.0 Å². The van der Waals surface area contributed by atoms with E-state index in [1.807, 2.05) is 13.8 Å². The van der Waals surface area contributed by atoms with E-state index in [-0.39, 0.29) is 24.5 Å². The highest BCUT2D eigenvalue weighted by molar-refractivity contribution is 5.80. The highest BCUT2D eigenvalue weighted by Gasteiger charge is 2.49. The van der Waals surface area contributed by atoms with Crippen molar-refractivity contribution in [2.75, 3.05) is 19.6 Å². The summed E-state index contributed by atoms with van der Waals surface area (Å²) in [6.45, 7) is 5.00. The van der Waals surface area contributed by atoms with Crippen LogP contribution in [0.5, 0.6) is 0 Å². The number of nitrogens with zero attached hydrogens (tertiary/aromatic N) is 3. The third kappa shape index (κ3) is 2.97. The van der Waals surface area contributed by atoms with E-state index in [4.69, 9.17) is 5.26 Å². The van der Waals surface area contributed by atoms with Crippen LogP contribution in [0.3, 0.4) is 0 Å². The summed E-state index contributed by atoms with van der Waals surface area (Å²) < 4.78 is 0. The van der Waals surface area contributed by atoms with Gasteiger partial charge in [-0.1, -0.05) is 13.8 Å². The Bertz CT molecular complexity index is 467. The van der Waals surface area contributed by atoms with Gasteiger partial charge in [0, 0.05) is 25.7 Å². The van der Waals surface area contributed by atoms with Gasteiger partial charge < -0.3 is 14.9 Å². The Hall–Kier alpha value is -1.77. The topological polar surface area (TPSA) is 84.6 Å². The van der Waals surface area contributed by atoms with Crippen molar-refractivity contribution in [3.8, 4) is 6.07 Å². The second kappa shape index (κ2) is 5.92. The molecule has 1 unspecified atom stereocenters. The number of carboxylic acid groups (broad SMARTS) is 1. The first kappa shape index (κ1) is 15.6. The molecule has 0 spiro atoms. The molecule has 1 saturated heterocycles. The van der Waals surface area contributed by atoms with Gasteiger partial charge in [-0.05, 0) is 25.2 Å². The number of nitriles is 1. The van der Waals surface area contributed by atoms with Crippen molar-refractivity contribution in [1.82, 2.24) is 9.80 Å². The molecule has 2 aliphatic rings. The van der Waals surface area contributed by atoms with Crippen molar-refractivity contribution < 1.29 is 14.7 Å². The van der Waals surface area contributed by atoms with Gasteiger partial charge in [-0.25, -0.2) is 4.79 Å². The fourth-order valence-electron chi connectivity index (χ4n) is 3.06. The molecule has 0 bridgehead atoms. The Balaban J connectivity index is 2.07. The Morgan fingerprint density at radius 2 is 2.14 bits per heavy atom. The predicted molar refractivity (Wildman–Crippen MR) is 76.5 cm³/mol. The summed E-state index contributed by atoms with van der Waals surface area (Å²) in [5.41, 5.74) is -0.833. The van der Waals surface area contributed by atoms with Gasteiger partial charge in [0.05, 0.1) is 17.9 Å². The quantitative estimate of drug-likeness (QED) is 0.839. The molecule has 0 radical (unpaired) electrons. The lowest BCUT2D eigenvalue weighted by atomic mass is 9.76. The fourth-order valence-corrected chi connectivity index (χ4v) is 3.06. The number of likely N-dealkylation sites (tertiary alicyclic amines) is 1. The lowest BCUT2D eigenvalue weighted by Gasteiger charge is -2.31. The van der Waals surface area contributed by atoms with Gasteiger partial charge in [-0.15, -0.1) is 0 Å². The minimum Gasteiger partial charge on any atom is -0.481 e. The van der Waals surface area contributed by atoms with E-state index in [1.165, 1.54) is 0 Å². The summed E-state index contributed by atoms with van der Waals surface area (Å²) in [5.74, 6) is -0.830. The summed E-state index contributed by atoms with van der Waals surface area (Å²) in [6.07, 6.45) is 2.80. The van der Waals surface area contributed by atoms with E-state index in [0.29, 0.717) is 25.9 Å². The molecule has 1 atom stereocenters.